The largest absolute Gasteiger partial charge is 0.481 e. The number of rotatable bonds is 4. The second-order valence-electron chi connectivity index (χ2n) is 3.26. The fraction of sp³-hybridized carbons (Fsp3) is 0.364. The Labute approximate surface area is 106 Å². The molecule has 2 nitrogen and oxygen atoms in total. The predicted molar refractivity (Wildman–Crippen MR) is 67.2 cm³/mol. The molecule has 0 heterocycles. The fourth-order valence-electron chi connectivity index (χ4n) is 1.34. The van der Waals surface area contributed by atoms with Crippen molar-refractivity contribution in [3.63, 3.8) is 0 Å². The van der Waals surface area contributed by atoms with E-state index in [-0.39, 0.29) is 6.42 Å². The van der Waals surface area contributed by atoms with Crippen LogP contribution in [0.4, 0.5) is 0 Å². The highest BCUT2D eigenvalue weighted by molar-refractivity contribution is 9.13. The molecular formula is C11H12Br2O2. The molecule has 0 radical (unpaired) electrons. The predicted octanol–water partition coefficient (Wildman–Crippen LogP) is 3.79. The zero-order valence-electron chi connectivity index (χ0n) is 8.39. The molecule has 0 aliphatic heterocycles. The Hall–Kier alpha value is -0.350. The van der Waals surface area contributed by atoms with Crippen LogP contribution in [-0.4, -0.2) is 11.1 Å². The van der Waals surface area contributed by atoms with Crippen molar-refractivity contribution in [3.8, 4) is 0 Å². The Balaban J connectivity index is 2.91. The number of benzene rings is 1. The molecule has 4 heteroatoms. The molecular weight excluding hydrogens is 324 g/mol. The van der Waals surface area contributed by atoms with Gasteiger partial charge in [-0.25, -0.2) is 0 Å². The van der Waals surface area contributed by atoms with Crippen molar-refractivity contribution in [2.75, 3.05) is 0 Å². The van der Waals surface area contributed by atoms with Crippen LogP contribution in [0.25, 0.3) is 0 Å². The Morgan fingerprint density at radius 1 is 1.27 bits per heavy atom. The van der Waals surface area contributed by atoms with E-state index >= 15 is 0 Å². The normalized spacial score (nSPS) is 10.3. The molecule has 0 aliphatic rings. The molecule has 0 saturated carbocycles. The van der Waals surface area contributed by atoms with E-state index in [9.17, 15) is 4.79 Å². The molecule has 82 valence electrons. The lowest BCUT2D eigenvalue weighted by molar-refractivity contribution is -0.136. The maximum atomic E-state index is 10.5. The SMILES string of the molecule is CCc1ccc(CCC(=O)O)c(Br)c1Br. The third kappa shape index (κ3) is 3.31. The van der Waals surface area contributed by atoms with E-state index in [0.717, 1.165) is 20.9 Å². The Morgan fingerprint density at radius 2 is 1.80 bits per heavy atom. The standard InChI is InChI=1S/C11H12Br2O2/c1-2-7-3-4-8(5-6-9(14)15)11(13)10(7)12/h3-4H,2,5-6H2,1H3,(H,14,15). The van der Waals surface area contributed by atoms with Gasteiger partial charge in [0.05, 0.1) is 0 Å². The van der Waals surface area contributed by atoms with Gasteiger partial charge in [0, 0.05) is 15.4 Å². The highest BCUT2D eigenvalue weighted by Crippen LogP contribution is 2.31. The summed E-state index contributed by atoms with van der Waals surface area (Å²) < 4.78 is 2.01. The number of carboxylic acids is 1. The van der Waals surface area contributed by atoms with E-state index in [1.165, 1.54) is 5.56 Å². The Morgan fingerprint density at radius 3 is 2.33 bits per heavy atom. The third-order valence-corrected chi connectivity index (χ3v) is 4.58. The van der Waals surface area contributed by atoms with Gasteiger partial charge in [-0.05, 0) is 55.8 Å². The quantitative estimate of drug-likeness (QED) is 0.908. The average Bonchev–Trinajstić information content (AvgIpc) is 2.20. The van der Waals surface area contributed by atoms with Crippen molar-refractivity contribution in [2.45, 2.75) is 26.2 Å². The molecule has 0 aromatic heterocycles. The topological polar surface area (TPSA) is 37.3 Å². The fourth-order valence-corrected chi connectivity index (χ4v) is 2.59. The average molecular weight is 336 g/mol. The van der Waals surface area contributed by atoms with Gasteiger partial charge in [0.1, 0.15) is 0 Å². The van der Waals surface area contributed by atoms with E-state index < -0.39 is 5.97 Å². The van der Waals surface area contributed by atoms with Crippen LogP contribution in [0, 0.1) is 0 Å². The summed E-state index contributed by atoms with van der Waals surface area (Å²) in [6, 6.07) is 4.02. The molecule has 1 rings (SSSR count). The van der Waals surface area contributed by atoms with E-state index in [1.807, 2.05) is 12.1 Å². The van der Waals surface area contributed by atoms with Gasteiger partial charge in [-0.1, -0.05) is 19.1 Å². The second-order valence-corrected chi connectivity index (χ2v) is 4.85. The van der Waals surface area contributed by atoms with Crippen LogP contribution in [0.2, 0.25) is 0 Å². The Kier molecular flexibility index (Phi) is 4.80. The molecule has 0 unspecified atom stereocenters. The highest BCUT2D eigenvalue weighted by atomic mass is 79.9. The number of aryl methyl sites for hydroxylation is 2. The summed E-state index contributed by atoms with van der Waals surface area (Å²) in [4.78, 5) is 10.5. The summed E-state index contributed by atoms with van der Waals surface area (Å²) in [6.45, 7) is 2.09. The van der Waals surface area contributed by atoms with Crippen molar-refractivity contribution < 1.29 is 9.90 Å². The number of carbonyl (C=O) groups is 1. The van der Waals surface area contributed by atoms with Crippen molar-refractivity contribution in [3.05, 3.63) is 32.2 Å². The molecule has 0 amide bonds. The minimum Gasteiger partial charge on any atom is -0.481 e. The summed E-state index contributed by atoms with van der Waals surface area (Å²) in [5.74, 6) is -0.766. The minimum absolute atomic E-state index is 0.163. The lowest BCUT2D eigenvalue weighted by Gasteiger charge is -2.08. The molecule has 0 atom stereocenters. The molecule has 0 aliphatic carbocycles. The first-order valence-corrected chi connectivity index (χ1v) is 6.32. The maximum absolute atomic E-state index is 10.5. The molecule has 1 aromatic carbocycles. The van der Waals surface area contributed by atoms with E-state index in [4.69, 9.17) is 5.11 Å². The molecule has 0 fully saturated rings. The molecule has 15 heavy (non-hydrogen) atoms. The molecule has 0 spiro atoms. The molecule has 0 saturated heterocycles. The maximum Gasteiger partial charge on any atom is 0.303 e. The second kappa shape index (κ2) is 5.66. The number of halogens is 2. The molecule has 1 aromatic rings. The van der Waals surface area contributed by atoms with Gasteiger partial charge in [-0.2, -0.15) is 0 Å². The summed E-state index contributed by atoms with van der Waals surface area (Å²) >= 11 is 6.99. The zero-order valence-corrected chi connectivity index (χ0v) is 11.6. The first kappa shape index (κ1) is 12.7. The van der Waals surface area contributed by atoms with Crippen molar-refractivity contribution in [1.29, 1.82) is 0 Å². The van der Waals surface area contributed by atoms with Crippen LogP contribution in [0.1, 0.15) is 24.5 Å². The van der Waals surface area contributed by atoms with Crippen LogP contribution >= 0.6 is 31.9 Å². The van der Waals surface area contributed by atoms with E-state index in [2.05, 4.69) is 38.8 Å². The summed E-state index contributed by atoms with van der Waals surface area (Å²) in [6.07, 6.45) is 1.67. The third-order valence-electron chi connectivity index (χ3n) is 2.23. The lowest BCUT2D eigenvalue weighted by Crippen LogP contribution is -1.99. The first-order chi connectivity index (χ1) is 7.06. The molecule has 0 bridgehead atoms. The van der Waals surface area contributed by atoms with Crippen LogP contribution in [0.15, 0.2) is 21.1 Å². The smallest absolute Gasteiger partial charge is 0.303 e. The number of aliphatic carboxylic acids is 1. The van der Waals surface area contributed by atoms with Gasteiger partial charge >= 0.3 is 5.97 Å². The lowest BCUT2D eigenvalue weighted by atomic mass is 10.1. The summed E-state index contributed by atoms with van der Waals surface area (Å²) in [5, 5.41) is 8.61. The van der Waals surface area contributed by atoms with Crippen LogP contribution in [0.5, 0.6) is 0 Å². The van der Waals surface area contributed by atoms with Crippen LogP contribution in [0.3, 0.4) is 0 Å². The highest BCUT2D eigenvalue weighted by Gasteiger charge is 2.09. The van der Waals surface area contributed by atoms with Gasteiger partial charge in [-0.15, -0.1) is 0 Å². The van der Waals surface area contributed by atoms with Crippen molar-refractivity contribution in [2.24, 2.45) is 0 Å². The monoisotopic (exact) mass is 334 g/mol. The first-order valence-electron chi connectivity index (χ1n) is 4.73. The summed E-state index contributed by atoms with van der Waals surface area (Å²) in [7, 11) is 0. The Bertz CT molecular complexity index is 375. The minimum atomic E-state index is -0.766. The van der Waals surface area contributed by atoms with Gasteiger partial charge in [0.25, 0.3) is 0 Å². The van der Waals surface area contributed by atoms with Crippen molar-refractivity contribution >= 4 is 37.8 Å². The zero-order chi connectivity index (χ0) is 11.4. The van der Waals surface area contributed by atoms with Gasteiger partial charge in [0.15, 0.2) is 0 Å². The molecule has 1 N–H and O–H groups in total. The van der Waals surface area contributed by atoms with Gasteiger partial charge < -0.3 is 5.11 Å². The number of hydrogen-bond donors (Lipinski definition) is 1. The van der Waals surface area contributed by atoms with E-state index in [1.54, 1.807) is 0 Å². The van der Waals surface area contributed by atoms with E-state index in [0.29, 0.717) is 6.42 Å². The van der Waals surface area contributed by atoms with Crippen LogP contribution < -0.4 is 0 Å². The number of hydrogen-bond acceptors (Lipinski definition) is 1. The summed E-state index contributed by atoms with van der Waals surface area (Å²) in [5.41, 5.74) is 2.25. The van der Waals surface area contributed by atoms with Gasteiger partial charge in [-0.3, -0.25) is 4.79 Å². The van der Waals surface area contributed by atoms with Crippen molar-refractivity contribution in [1.82, 2.24) is 0 Å². The number of carboxylic acid groups (broad SMARTS) is 1. The van der Waals surface area contributed by atoms with Crippen LogP contribution in [-0.2, 0) is 17.6 Å². The van der Waals surface area contributed by atoms with Gasteiger partial charge in [0.2, 0.25) is 0 Å².